The van der Waals surface area contributed by atoms with Crippen LogP contribution >= 0.6 is 0 Å². The van der Waals surface area contributed by atoms with Crippen molar-refractivity contribution in [2.75, 3.05) is 13.2 Å². The molecule has 0 heterocycles. The molecule has 0 unspecified atom stereocenters. The SMILES string of the molecule is CCCCCCCCCCCCCCCCCCCCCCC(CO)(CO)NC(C)=O. The second-order valence-electron chi connectivity index (χ2n) is 9.75. The van der Waals surface area contributed by atoms with Crippen molar-refractivity contribution in [3.8, 4) is 0 Å². The number of aliphatic hydroxyl groups is 2. The molecule has 0 atom stereocenters. The zero-order valence-corrected chi connectivity index (χ0v) is 21.1. The quantitative estimate of drug-likeness (QED) is 0.140. The average molecular weight is 442 g/mol. The molecule has 0 fully saturated rings. The van der Waals surface area contributed by atoms with Crippen molar-refractivity contribution in [2.24, 2.45) is 0 Å². The van der Waals surface area contributed by atoms with Gasteiger partial charge in [0.1, 0.15) is 0 Å². The van der Waals surface area contributed by atoms with E-state index in [1.165, 1.54) is 122 Å². The van der Waals surface area contributed by atoms with Crippen molar-refractivity contribution in [1.29, 1.82) is 0 Å². The van der Waals surface area contributed by atoms with Crippen molar-refractivity contribution in [2.45, 2.75) is 154 Å². The normalized spacial score (nSPS) is 11.7. The molecule has 0 saturated heterocycles. The van der Waals surface area contributed by atoms with Crippen LogP contribution in [0.25, 0.3) is 0 Å². The lowest BCUT2D eigenvalue weighted by atomic mass is 9.93. The lowest BCUT2D eigenvalue weighted by molar-refractivity contribution is -0.122. The predicted molar refractivity (Wildman–Crippen MR) is 133 cm³/mol. The molecule has 0 rings (SSSR count). The summed E-state index contributed by atoms with van der Waals surface area (Å²) in [6, 6.07) is 0. The highest BCUT2D eigenvalue weighted by Crippen LogP contribution is 2.17. The predicted octanol–water partition coefficient (Wildman–Crippen LogP) is 7.06. The highest BCUT2D eigenvalue weighted by Gasteiger charge is 2.28. The summed E-state index contributed by atoms with van der Waals surface area (Å²) in [5.41, 5.74) is -0.847. The van der Waals surface area contributed by atoms with Crippen molar-refractivity contribution in [1.82, 2.24) is 5.32 Å². The number of amides is 1. The number of hydrogen-bond acceptors (Lipinski definition) is 3. The molecular formula is C27H55NO3. The van der Waals surface area contributed by atoms with Gasteiger partial charge in [-0.1, -0.05) is 135 Å². The monoisotopic (exact) mass is 441 g/mol. The molecular weight excluding hydrogens is 386 g/mol. The van der Waals surface area contributed by atoms with Crippen LogP contribution in [0.4, 0.5) is 0 Å². The Balaban J connectivity index is 3.30. The first-order chi connectivity index (χ1) is 15.1. The molecule has 31 heavy (non-hydrogen) atoms. The van der Waals surface area contributed by atoms with E-state index in [4.69, 9.17) is 0 Å². The Morgan fingerprint density at radius 2 is 0.871 bits per heavy atom. The zero-order chi connectivity index (χ0) is 23.0. The third-order valence-corrected chi connectivity index (χ3v) is 6.56. The van der Waals surface area contributed by atoms with Gasteiger partial charge in [-0.3, -0.25) is 4.79 Å². The third-order valence-electron chi connectivity index (χ3n) is 6.56. The lowest BCUT2D eigenvalue weighted by Crippen LogP contribution is -2.53. The molecule has 0 radical (unpaired) electrons. The van der Waals surface area contributed by atoms with E-state index in [-0.39, 0.29) is 19.1 Å². The summed E-state index contributed by atoms with van der Waals surface area (Å²) in [7, 11) is 0. The van der Waals surface area contributed by atoms with Gasteiger partial charge in [0.15, 0.2) is 0 Å². The van der Waals surface area contributed by atoms with E-state index in [1.54, 1.807) is 0 Å². The first-order valence-electron chi connectivity index (χ1n) is 13.6. The lowest BCUT2D eigenvalue weighted by Gasteiger charge is -2.30. The molecule has 0 saturated carbocycles. The summed E-state index contributed by atoms with van der Waals surface area (Å²) in [4.78, 5) is 11.3. The zero-order valence-electron chi connectivity index (χ0n) is 21.1. The van der Waals surface area contributed by atoms with Gasteiger partial charge in [0, 0.05) is 6.92 Å². The average Bonchev–Trinajstić information content (AvgIpc) is 2.76. The van der Waals surface area contributed by atoms with Gasteiger partial charge in [-0.2, -0.15) is 0 Å². The van der Waals surface area contributed by atoms with E-state index in [2.05, 4.69) is 12.2 Å². The van der Waals surface area contributed by atoms with Crippen molar-refractivity contribution >= 4 is 5.91 Å². The molecule has 0 aromatic heterocycles. The third kappa shape index (κ3) is 19.8. The Morgan fingerprint density at radius 1 is 0.581 bits per heavy atom. The van der Waals surface area contributed by atoms with E-state index in [0.29, 0.717) is 6.42 Å². The summed E-state index contributed by atoms with van der Waals surface area (Å²) < 4.78 is 0. The number of hydrogen-bond donors (Lipinski definition) is 3. The number of nitrogens with one attached hydrogen (secondary N) is 1. The number of unbranched alkanes of at least 4 members (excludes halogenated alkanes) is 19. The highest BCUT2D eigenvalue weighted by molar-refractivity contribution is 5.73. The maximum Gasteiger partial charge on any atom is 0.217 e. The largest absolute Gasteiger partial charge is 0.394 e. The molecule has 1 amide bonds. The van der Waals surface area contributed by atoms with Gasteiger partial charge in [0.2, 0.25) is 5.91 Å². The first-order valence-corrected chi connectivity index (χ1v) is 13.6. The van der Waals surface area contributed by atoms with Gasteiger partial charge in [-0.05, 0) is 6.42 Å². The van der Waals surface area contributed by atoms with Crippen molar-refractivity contribution in [3.05, 3.63) is 0 Å². The summed E-state index contributed by atoms with van der Waals surface area (Å²) in [5, 5.41) is 21.7. The molecule has 0 aromatic carbocycles. The Hall–Kier alpha value is -0.610. The highest BCUT2D eigenvalue weighted by atomic mass is 16.3. The van der Waals surface area contributed by atoms with E-state index < -0.39 is 5.54 Å². The molecule has 0 aromatic rings. The van der Waals surface area contributed by atoms with Gasteiger partial charge in [-0.15, -0.1) is 0 Å². The van der Waals surface area contributed by atoms with Crippen LogP contribution < -0.4 is 5.32 Å². The van der Waals surface area contributed by atoms with Crippen LogP contribution in [0.15, 0.2) is 0 Å². The smallest absolute Gasteiger partial charge is 0.217 e. The fourth-order valence-corrected chi connectivity index (χ4v) is 4.44. The maximum atomic E-state index is 11.3. The van der Waals surface area contributed by atoms with Crippen LogP contribution in [0.5, 0.6) is 0 Å². The van der Waals surface area contributed by atoms with Crippen LogP contribution in [-0.4, -0.2) is 34.9 Å². The van der Waals surface area contributed by atoms with Gasteiger partial charge in [0.05, 0.1) is 18.8 Å². The topological polar surface area (TPSA) is 69.6 Å². The van der Waals surface area contributed by atoms with Crippen LogP contribution in [0.1, 0.15) is 149 Å². The minimum Gasteiger partial charge on any atom is -0.394 e. The molecule has 0 bridgehead atoms. The number of carbonyl (C=O) groups excluding carboxylic acids is 1. The van der Waals surface area contributed by atoms with Gasteiger partial charge < -0.3 is 15.5 Å². The van der Waals surface area contributed by atoms with E-state index in [1.807, 2.05) is 0 Å². The van der Waals surface area contributed by atoms with E-state index in [0.717, 1.165) is 12.8 Å². The molecule has 4 nitrogen and oxygen atoms in total. The molecule has 0 aliphatic heterocycles. The van der Waals surface area contributed by atoms with Crippen molar-refractivity contribution in [3.63, 3.8) is 0 Å². The maximum absolute atomic E-state index is 11.3. The second kappa shape index (κ2) is 22.6. The molecule has 0 aliphatic rings. The van der Waals surface area contributed by atoms with Crippen LogP contribution in [0, 0.1) is 0 Å². The fourth-order valence-electron chi connectivity index (χ4n) is 4.44. The second-order valence-corrected chi connectivity index (χ2v) is 9.75. The molecule has 186 valence electrons. The van der Waals surface area contributed by atoms with E-state index >= 15 is 0 Å². The van der Waals surface area contributed by atoms with Crippen LogP contribution in [0.2, 0.25) is 0 Å². The Labute approximate surface area is 194 Å². The fraction of sp³-hybridized carbons (Fsp3) is 0.963. The molecule has 4 heteroatoms. The molecule has 3 N–H and O–H groups in total. The van der Waals surface area contributed by atoms with Gasteiger partial charge in [-0.25, -0.2) is 0 Å². The number of carbonyl (C=O) groups is 1. The standard InChI is InChI=1S/C27H55NO3/c1-3-4-5-6-7-8-9-10-11-12-13-14-15-16-17-18-19-20-21-22-23-27(24-29,25-30)28-26(2)31/h29-30H,3-25H2,1-2H3,(H,28,31). The Morgan fingerprint density at radius 3 is 1.13 bits per heavy atom. The Bertz CT molecular complexity index is 383. The summed E-state index contributed by atoms with van der Waals surface area (Å²) >= 11 is 0. The molecule has 0 spiro atoms. The summed E-state index contributed by atoms with van der Waals surface area (Å²) in [6.45, 7) is 3.30. The summed E-state index contributed by atoms with van der Waals surface area (Å²) in [5.74, 6) is -0.198. The van der Waals surface area contributed by atoms with Gasteiger partial charge in [0.25, 0.3) is 0 Å². The minimum absolute atomic E-state index is 0.198. The number of aliphatic hydroxyl groups excluding tert-OH is 2. The van der Waals surface area contributed by atoms with Crippen molar-refractivity contribution < 1.29 is 15.0 Å². The first kappa shape index (κ1) is 30.4. The van der Waals surface area contributed by atoms with E-state index in [9.17, 15) is 15.0 Å². The minimum atomic E-state index is -0.847. The van der Waals surface area contributed by atoms with Crippen LogP contribution in [-0.2, 0) is 4.79 Å². The van der Waals surface area contributed by atoms with Gasteiger partial charge >= 0.3 is 0 Å². The molecule has 0 aliphatic carbocycles. The number of rotatable bonds is 24. The Kier molecular flexibility index (Phi) is 22.1. The van der Waals surface area contributed by atoms with Crippen LogP contribution in [0.3, 0.4) is 0 Å². The summed E-state index contributed by atoms with van der Waals surface area (Å²) in [6.07, 6.45) is 27.7.